The average molecular weight is 707 g/mol. The summed E-state index contributed by atoms with van der Waals surface area (Å²) in [5.74, 6) is -1.39. The summed E-state index contributed by atoms with van der Waals surface area (Å²) in [7, 11) is -4.29. The van der Waals surface area contributed by atoms with Gasteiger partial charge in [0, 0.05) is 23.5 Å². The molecular formula is C36H37BrFN3O4S. The van der Waals surface area contributed by atoms with Crippen molar-refractivity contribution in [3.63, 3.8) is 0 Å². The molecule has 0 heterocycles. The van der Waals surface area contributed by atoms with E-state index in [-0.39, 0.29) is 35.5 Å². The molecule has 1 aliphatic carbocycles. The highest BCUT2D eigenvalue weighted by atomic mass is 79.9. The number of hydrogen-bond acceptors (Lipinski definition) is 4. The molecule has 10 heteroatoms. The summed E-state index contributed by atoms with van der Waals surface area (Å²) in [6, 6.07) is 28.9. The monoisotopic (exact) mass is 705 g/mol. The molecule has 0 bridgehead atoms. The van der Waals surface area contributed by atoms with Crippen LogP contribution in [0, 0.1) is 5.82 Å². The Morgan fingerprint density at radius 2 is 1.41 bits per heavy atom. The number of anilines is 1. The van der Waals surface area contributed by atoms with Crippen LogP contribution in [0.1, 0.15) is 43.2 Å². The van der Waals surface area contributed by atoms with Crippen molar-refractivity contribution in [2.45, 2.75) is 62.0 Å². The fraction of sp³-hybridized carbons (Fsp3) is 0.278. The van der Waals surface area contributed by atoms with Gasteiger partial charge in [-0.3, -0.25) is 13.9 Å². The maximum Gasteiger partial charge on any atom is 0.264 e. The Morgan fingerprint density at radius 1 is 0.804 bits per heavy atom. The van der Waals surface area contributed by atoms with Gasteiger partial charge < -0.3 is 10.2 Å². The summed E-state index contributed by atoms with van der Waals surface area (Å²) >= 11 is 3.46. The highest BCUT2D eigenvalue weighted by molar-refractivity contribution is 9.10. The Labute approximate surface area is 278 Å². The lowest BCUT2D eigenvalue weighted by atomic mass is 9.94. The minimum Gasteiger partial charge on any atom is -0.352 e. The van der Waals surface area contributed by atoms with E-state index < -0.39 is 34.3 Å². The van der Waals surface area contributed by atoms with Gasteiger partial charge >= 0.3 is 0 Å². The molecule has 1 saturated carbocycles. The number of amides is 2. The molecule has 0 spiro atoms. The lowest BCUT2D eigenvalue weighted by Gasteiger charge is -2.35. The number of hydrogen-bond donors (Lipinski definition) is 1. The van der Waals surface area contributed by atoms with Crippen molar-refractivity contribution in [2.24, 2.45) is 0 Å². The molecular weight excluding hydrogens is 669 g/mol. The second-order valence-electron chi connectivity index (χ2n) is 11.5. The SMILES string of the molecule is O=C(NC1CCCCC1)C(Cc1ccccc1)N(Cc1ccc(Br)cc1)C(=O)CN(c1ccccc1)S(=O)(=O)c1ccc(F)cc1. The standard InChI is InChI=1S/C36H37BrFN3O4S/c37-29-18-16-28(17-19-29)25-40(34(24-27-10-4-1-5-11-27)36(43)39-31-12-6-2-7-13-31)35(42)26-41(32-14-8-3-9-15-32)46(44,45)33-22-20-30(38)21-23-33/h1,3-5,8-11,14-23,31,34H,2,6-7,12-13,24-26H2,(H,39,43). The van der Waals surface area contributed by atoms with Crippen LogP contribution in [0.3, 0.4) is 0 Å². The van der Waals surface area contributed by atoms with Crippen LogP contribution in [0.25, 0.3) is 0 Å². The number of benzene rings is 4. The first kappa shape index (κ1) is 33.3. The van der Waals surface area contributed by atoms with E-state index in [1.807, 2.05) is 54.6 Å². The zero-order valence-corrected chi connectivity index (χ0v) is 27.8. The molecule has 1 unspecified atom stereocenters. The molecule has 4 aromatic rings. The number of halogens is 2. The first-order valence-corrected chi connectivity index (χ1v) is 17.7. The van der Waals surface area contributed by atoms with Crippen molar-refractivity contribution in [1.82, 2.24) is 10.2 Å². The Kier molecular flexibility index (Phi) is 11.2. The number of rotatable bonds is 12. The Morgan fingerprint density at radius 3 is 2.04 bits per heavy atom. The van der Waals surface area contributed by atoms with Crippen LogP contribution >= 0.6 is 15.9 Å². The molecule has 1 aliphatic rings. The normalized spacial score (nSPS) is 14.3. The molecule has 46 heavy (non-hydrogen) atoms. The molecule has 5 rings (SSSR count). The van der Waals surface area contributed by atoms with Gasteiger partial charge in [-0.05, 0) is 72.5 Å². The molecule has 7 nitrogen and oxygen atoms in total. The second-order valence-corrected chi connectivity index (χ2v) is 14.3. The summed E-state index contributed by atoms with van der Waals surface area (Å²) in [6.07, 6.45) is 5.19. The quantitative estimate of drug-likeness (QED) is 0.174. The maximum atomic E-state index is 14.5. The number of carbonyl (C=O) groups excluding carboxylic acids is 2. The predicted molar refractivity (Wildman–Crippen MR) is 181 cm³/mol. The molecule has 1 N–H and O–H groups in total. The largest absolute Gasteiger partial charge is 0.352 e. The molecule has 0 radical (unpaired) electrons. The smallest absolute Gasteiger partial charge is 0.264 e. The molecule has 0 aliphatic heterocycles. The summed E-state index contributed by atoms with van der Waals surface area (Å²) in [5.41, 5.74) is 1.93. The van der Waals surface area contributed by atoms with Gasteiger partial charge in [0.1, 0.15) is 18.4 Å². The Hall–Kier alpha value is -4.02. The van der Waals surface area contributed by atoms with Crippen molar-refractivity contribution in [2.75, 3.05) is 10.8 Å². The number of sulfonamides is 1. The Bertz CT molecular complexity index is 1700. The van der Waals surface area contributed by atoms with Crippen LogP contribution in [-0.2, 0) is 32.6 Å². The van der Waals surface area contributed by atoms with Crippen molar-refractivity contribution >= 4 is 43.5 Å². The van der Waals surface area contributed by atoms with E-state index >= 15 is 0 Å². The van der Waals surface area contributed by atoms with Crippen LogP contribution in [0.15, 0.2) is 119 Å². The lowest BCUT2D eigenvalue weighted by Crippen LogP contribution is -2.55. The van der Waals surface area contributed by atoms with Gasteiger partial charge in [0.05, 0.1) is 10.6 Å². The maximum absolute atomic E-state index is 14.5. The number of carbonyl (C=O) groups is 2. The van der Waals surface area contributed by atoms with E-state index in [1.165, 1.54) is 17.0 Å². The summed E-state index contributed by atoms with van der Waals surface area (Å²) < 4.78 is 43.6. The predicted octanol–water partition coefficient (Wildman–Crippen LogP) is 6.87. The van der Waals surface area contributed by atoms with E-state index in [9.17, 15) is 22.4 Å². The van der Waals surface area contributed by atoms with Gasteiger partial charge in [0.25, 0.3) is 10.0 Å². The molecule has 4 aromatic carbocycles. The third-order valence-corrected chi connectivity index (χ3v) is 10.5. The average Bonchev–Trinajstić information content (AvgIpc) is 3.07. The van der Waals surface area contributed by atoms with E-state index in [1.54, 1.807) is 30.3 Å². The zero-order valence-electron chi connectivity index (χ0n) is 25.4. The Balaban J connectivity index is 1.54. The lowest BCUT2D eigenvalue weighted by molar-refractivity contribution is -0.140. The summed E-state index contributed by atoms with van der Waals surface area (Å²) in [5, 5.41) is 3.21. The zero-order chi connectivity index (χ0) is 32.5. The van der Waals surface area contributed by atoms with Gasteiger partial charge in [-0.1, -0.05) is 95.9 Å². The van der Waals surface area contributed by atoms with Crippen LogP contribution in [-0.4, -0.2) is 43.8 Å². The topological polar surface area (TPSA) is 86.8 Å². The van der Waals surface area contributed by atoms with Crippen molar-refractivity contribution in [3.05, 3.63) is 131 Å². The fourth-order valence-corrected chi connectivity index (χ4v) is 7.42. The molecule has 1 fully saturated rings. The molecule has 1 atom stereocenters. The molecule has 240 valence electrons. The summed E-state index contributed by atoms with van der Waals surface area (Å²) in [4.78, 5) is 30.0. The minimum absolute atomic E-state index is 0.0174. The third kappa shape index (κ3) is 8.61. The van der Waals surface area contributed by atoms with E-state index in [0.29, 0.717) is 0 Å². The van der Waals surface area contributed by atoms with Gasteiger partial charge in [-0.15, -0.1) is 0 Å². The fourth-order valence-electron chi connectivity index (χ4n) is 5.74. The highest BCUT2D eigenvalue weighted by Crippen LogP contribution is 2.26. The number of nitrogens with one attached hydrogen (secondary N) is 1. The number of para-hydroxylation sites is 1. The first-order chi connectivity index (χ1) is 22.2. The molecule has 0 saturated heterocycles. The molecule has 0 aromatic heterocycles. The van der Waals surface area contributed by atoms with Crippen LogP contribution in [0.4, 0.5) is 10.1 Å². The van der Waals surface area contributed by atoms with Gasteiger partial charge in [0.15, 0.2) is 0 Å². The molecule has 2 amide bonds. The van der Waals surface area contributed by atoms with Crippen molar-refractivity contribution in [1.29, 1.82) is 0 Å². The van der Waals surface area contributed by atoms with Crippen LogP contribution in [0.5, 0.6) is 0 Å². The first-order valence-electron chi connectivity index (χ1n) is 15.4. The minimum atomic E-state index is -4.29. The van der Waals surface area contributed by atoms with Gasteiger partial charge in [0.2, 0.25) is 11.8 Å². The van der Waals surface area contributed by atoms with Crippen LogP contribution < -0.4 is 9.62 Å². The van der Waals surface area contributed by atoms with Crippen molar-refractivity contribution in [3.8, 4) is 0 Å². The summed E-state index contributed by atoms with van der Waals surface area (Å²) in [6.45, 7) is -0.483. The van der Waals surface area contributed by atoms with Gasteiger partial charge in [-0.2, -0.15) is 0 Å². The van der Waals surface area contributed by atoms with Gasteiger partial charge in [-0.25, -0.2) is 12.8 Å². The van der Waals surface area contributed by atoms with Crippen molar-refractivity contribution < 1.29 is 22.4 Å². The van der Waals surface area contributed by atoms with E-state index in [0.717, 1.165) is 64.1 Å². The number of nitrogens with zero attached hydrogens (tertiary/aromatic N) is 2. The van der Waals surface area contributed by atoms with Crippen LogP contribution in [0.2, 0.25) is 0 Å². The van der Waals surface area contributed by atoms with E-state index in [2.05, 4.69) is 21.2 Å². The van der Waals surface area contributed by atoms with E-state index in [4.69, 9.17) is 0 Å². The highest BCUT2D eigenvalue weighted by Gasteiger charge is 2.35. The third-order valence-electron chi connectivity index (χ3n) is 8.21. The second kappa shape index (κ2) is 15.5.